The molecule has 2 N–H and O–H groups in total. The minimum absolute atomic E-state index is 0.317. The van der Waals surface area contributed by atoms with Crippen LogP contribution < -0.4 is 10.5 Å². The monoisotopic (exact) mass is 293 g/mol. The van der Waals surface area contributed by atoms with Gasteiger partial charge in [0.2, 0.25) is 0 Å². The first-order chi connectivity index (χ1) is 9.49. The Bertz CT molecular complexity index is 622. The van der Waals surface area contributed by atoms with E-state index in [2.05, 4.69) is 18.9 Å². The third-order valence-electron chi connectivity index (χ3n) is 3.63. The van der Waals surface area contributed by atoms with Crippen molar-refractivity contribution in [3.8, 4) is 16.9 Å². The summed E-state index contributed by atoms with van der Waals surface area (Å²) in [6.45, 7) is 4.27. The normalized spacial score (nSPS) is 12.4. The van der Waals surface area contributed by atoms with Gasteiger partial charge in [-0.3, -0.25) is 4.68 Å². The van der Waals surface area contributed by atoms with Crippen LogP contribution in [0.4, 0.5) is 5.82 Å². The second-order valence-corrected chi connectivity index (χ2v) is 5.36. The Labute approximate surface area is 124 Å². The first kappa shape index (κ1) is 14.7. The highest BCUT2D eigenvalue weighted by atomic mass is 35.5. The summed E-state index contributed by atoms with van der Waals surface area (Å²) in [6.07, 6.45) is 0.992. The fourth-order valence-corrected chi connectivity index (χ4v) is 2.42. The van der Waals surface area contributed by atoms with Crippen LogP contribution in [0.3, 0.4) is 0 Å². The Kier molecular flexibility index (Phi) is 4.23. The summed E-state index contributed by atoms with van der Waals surface area (Å²) >= 11 is 6.13. The number of anilines is 1. The van der Waals surface area contributed by atoms with Crippen molar-refractivity contribution >= 4 is 17.4 Å². The number of nitrogens with two attached hydrogens (primary N) is 1. The highest BCUT2D eigenvalue weighted by Gasteiger charge is 2.22. The summed E-state index contributed by atoms with van der Waals surface area (Å²) < 4.78 is 7.14. The molecule has 0 aliphatic rings. The number of halogens is 1. The smallest absolute Gasteiger partial charge is 0.129 e. The number of nitrogen functional groups attached to an aromatic ring is 1. The van der Waals surface area contributed by atoms with E-state index in [9.17, 15) is 0 Å². The van der Waals surface area contributed by atoms with Crippen LogP contribution in [0.25, 0.3) is 11.1 Å². The number of aromatic nitrogens is 2. The van der Waals surface area contributed by atoms with E-state index in [1.165, 1.54) is 0 Å². The van der Waals surface area contributed by atoms with Crippen molar-refractivity contribution < 1.29 is 4.74 Å². The summed E-state index contributed by atoms with van der Waals surface area (Å²) in [4.78, 5) is 0. The van der Waals surface area contributed by atoms with Gasteiger partial charge in [0.15, 0.2) is 0 Å². The molecule has 0 saturated carbocycles. The van der Waals surface area contributed by atoms with Crippen LogP contribution in [-0.4, -0.2) is 16.9 Å². The van der Waals surface area contributed by atoms with Gasteiger partial charge >= 0.3 is 0 Å². The van der Waals surface area contributed by atoms with Gasteiger partial charge < -0.3 is 10.5 Å². The molecule has 0 amide bonds. The summed E-state index contributed by atoms with van der Waals surface area (Å²) in [5.41, 5.74) is 8.99. The van der Waals surface area contributed by atoms with Gasteiger partial charge in [-0.2, -0.15) is 5.10 Å². The molecule has 20 heavy (non-hydrogen) atoms. The van der Waals surface area contributed by atoms with Gasteiger partial charge in [0, 0.05) is 23.6 Å². The van der Waals surface area contributed by atoms with Gasteiger partial charge in [-0.05, 0) is 24.6 Å². The molecule has 0 aliphatic carbocycles. The predicted octanol–water partition coefficient (Wildman–Crippen LogP) is 3.84. The van der Waals surface area contributed by atoms with Gasteiger partial charge in [0.25, 0.3) is 0 Å². The van der Waals surface area contributed by atoms with Gasteiger partial charge in [-0.25, -0.2) is 0 Å². The molecule has 0 fully saturated rings. The molecule has 0 spiro atoms. The molecule has 1 unspecified atom stereocenters. The maximum absolute atomic E-state index is 6.20. The number of nitrogens with zero attached hydrogens (tertiary/aromatic N) is 2. The van der Waals surface area contributed by atoms with Crippen molar-refractivity contribution in [2.75, 3.05) is 12.8 Å². The second kappa shape index (κ2) is 5.75. The number of ether oxygens (including phenoxy) is 1. The summed E-state index contributed by atoms with van der Waals surface area (Å²) in [6, 6.07) is 5.53. The Morgan fingerprint density at radius 2 is 2.15 bits per heavy atom. The van der Waals surface area contributed by atoms with E-state index >= 15 is 0 Å². The van der Waals surface area contributed by atoms with Crippen LogP contribution in [0.1, 0.15) is 31.9 Å². The molecular weight excluding hydrogens is 274 g/mol. The molecule has 0 bridgehead atoms. The maximum atomic E-state index is 6.20. The topological polar surface area (TPSA) is 53.1 Å². The molecule has 4 nitrogen and oxygen atoms in total. The van der Waals surface area contributed by atoms with Crippen LogP contribution in [0.15, 0.2) is 18.2 Å². The molecule has 2 rings (SSSR count). The lowest BCUT2D eigenvalue weighted by atomic mass is 9.96. The molecular formula is C15H20ClN3O. The largest absolute Gasteiger partial charge is 0.496 e. The molecule has 0 saturated heterocycles. The van der Waals surface area contributed by atoms with Crippen LogP contribution in [0.5, 0.6) is 5.75 Å². The molecule has 2 aromatic rings. The zero-order valence-electron chi connectivity index (χ0n) is 12.3. The Morgan fingerprint density at radius 3 is 2.75 bits per heavy atom. The fourth-order valence-electron chi connectivity index (χ4n) is 2.25. The third kappa shape index (κ3) is 2.48. The summed E-state index contributed by atoms with van der Waals surface area (Å²) in [5, 5.41) is 5.21. The first-order valence-electron chi connectivity index (χ1n) is 6.65. The fraction of sp³-hybridized carbons (Fsp3) is 0.400. The number of methoxy groups -OCH3 is 1. The van der Waals surface area contributed by atoms with E-state index in [0.29, 0.717) is 16.8 Å². The highest BCUT2D eigenvalue weighted by Crippen LogP contribution is 2.40. The third-order valence-corrected chi connectivity index (χ3v) is 3.86. The Morgan fingerprint density at radius 1 is 1.45 bits per heavy atom. The molecule has 5 heteroatoms. The van der Waals surface area contributed by atoms with Crippen LogP contribution in [0, 0.1) is 0 Å². The number of hydrogen-bond donors (Lipinski definition) is 1. The molecule has 1 heterocycles. The second-order valence-electron chi connectivity index (χ2n) is 4.92. The summed E-state index contributed by atoms with van der Waals surface area (Å²) in [7, 11) is 3.49. The van der Waals surface area contributed by atoms with E-state index in [0.717, 1.165) is 29.0 Å². The number of hydrogen-bond acceptors (Lipinski definition) is 3. The van der Waals surface area contributed by atoms with Gasteiger partial charge in [-0.15, -0.1) is 0 Å². The van der Waals surface area contributed by atoms with Crippen LogP contribution >= 0.6 is 11.6 Å². The molecule has 0 aliphatic heterocycles. The lowest BCUT2D eigenvalue weighted by molar-refractivity contribution is 0.416. The van der Waals surface area contributed by atoms with Gasteiger partial charge in [0.05, 0.1) is 18.4 Å². The minimum atomic E-state index is 0.317. The van der Waals surface area contributed by atoms with Gasteiger partial charge in [-0.1, -0.05) is 25.4 Å². The number of rotatable bonds is 4. The maximum Gasteiger partial charge on any atom is 0.129 e. The van der Waals surface area contributed by atoms with Crippen molar-refractivity contribution in [1.29, 1.82) is 0 Å². The van der Waals surface area contributed by atoms with E-state index in [4.69, 9.17) is 22.1 Å². The standard InChI is InChI=1S/C15H20ClN3O/c1-5-9(2)14-13(15(17)19(3)18-14)11-8-10(16)6-7-12(11)20-4/h6-9H,5,17H2,1-4H3. The number of benzene rings is 1. The first-order valence-corrected chi connectivity index (χ1v) is 7.03. The minimum Gasteiger partial charge on any atom is -0.496 e. The zero-order chi connectivity index (χ0) is 14.9. The van der Waals surface area contributed by atoms with E-state index in [-0.39, 0.29) is 0 Å². The molecule has 0 radical (unpaired) electrons. The van der Waals surface area contributed by atoms with Gasteiger partial charge in [0.1, 0.15) is 11.6 Å². The van der Waals surface area contributed by atoms with E-state index in [1.54, 1.807) is 17.9 Å². The van der Waals surface area contributed by atoms with E-state index < -0.39 is 0 Å². The highest BCUT2D eigenvalue weighted by molar-refractivity contribution is 6.31. The molecule has 1 aromatic carbocycles. The average molecular weight is 294 g/mol. The number of aryl methyl sites for hydroxylation is 1. The Balaban J connectivity index is 2.71. The van der Waals surface area contributed by atoms with Crippen LogP contribution in [0.2, 0.25) is 5.02 Å². The Hall–Kier alpha value is -1.68. The molecule has 1 aromatic heterocycles. The predicted molar refractivity (Wildman–Crippen MR) is 83.3 cm³/mol. The van der Waals surface area contributed by atoms with Crippen molar-refractivity contribution in [3.63, 3.8) is 0 Å². The van der Waals surface area contributed by atoms with Crippen molar-refractivity contribution in [2.24, 2.45) is 7.05 Å². The van der Waals surface area contributed by atoms with Crippen molar-refractivity contribution in [3.05, 3.63) is 28.9 Å². The van der Waals surface area contributed by atoms with Crippen molar-refractivity contribution in [1.82, 2.24) is 9.78 Å². The van der Waals surface area contributed by atoms with Crippen molar-refractivity contribution in [2.45, 2.75) is 26.2 Å². The lowest BCUT2D eigenvalue weighted by Crippen LogP contribution is -1.98. The quantitative estimate of drug-likeness (QED) is 0.931. The lowest BCUT2D eigenvalue weighted by Gasteiger charge is -2.12. The van der Waals surface area contributed by atoms with E-state index in [1.807, 2.05) is 19.2 Å². The molecule has 1 atom stereocenters. The zero-order valence-corrected chi connectivity index (χ0v) is 13.0. The molecule has 108 valence electrons. The summed E-state index contributed by atoms with van der Waals surface area (Å²) in [5.74, 6) is 1.69. The SMILES string of the molecule is CCC(C)c1nn(C)c(N)c1-c1cc(Cl)ccc1OC. The average Bonchev–Trinajstić information content (AvgIpc) is 2.74. The van der Waals surface area contributed by atoms with Crippen LogP contribution in [-0.2, 0) is 7.05 Å².